The Labute approximate surface area is 129 Å². The molecule has 21 heavy (non-hydrogen) atoms. The van der Waals surface area contributed by atoms with Gasteiger partial charge in [0, 0.05) is 25.7 Å². The van der Waals surface area contributed by atoms with Crippen molar-refractivity contribution in [2.24, 2.45) is 5.73 Å². The van der Waals surface area contributed by atoms with Crippen molar-refractivity contribution in [3.05, 3.63) is 22.7 Å². The quantitative estimate of drug-likeness (QED) is 0.927. The van der Waals surface area contributed by atoms with Crippen molar-refractivity contribution in [1.29, 1.82) is 0 Å². The van der Waals surface area contributed by atoms with Crippen molar-refractivity contribution in [3.8, 4) is 11.5 Å². The van der Waals surface area contributed by atoms with E-state index in [1.165, 1.54) is 0 Å². The second kappa shape index (κ2) is 5.65. The van der Waals surface area contributed by atoms with Crippen LogP contribution in [0.2, 0.25) is 5.02 Å². The summed E-state index contributed by atoms with van der Waals surface area (Å²) in [6, 6.07) is 4.00. The summed E-state index contributed by atoms with van der Waals surface area (Å²) in [6.07, 6.45) is 0. The molecule has 0 aromatic heterocycles. The van der Waals surface area contributed by atoms with Crippen molar-refractivity contribution in [1.82, 2.24) is 4.90 Å². The van der Waals surface area contributed by atoms with Gasteiger partial charge < -0.3 is 19.9 Å². The molecular formula is C15H21ClN2O3. The van der Waals surface area contributed by atoms with Gasteiger partial charge in [0.15, 0.2) is 11.5 Å². The smallest absolute Gasteiger partial charge is 0.231 e. The molecule has 5 nitrogen and oxygen atoms in total. The lowest BCUT2D eigenvalue weighted by Crippen LogP contribution is -2.50. The summed E-state index contributed by atoms with van der Waals surface area (Å²) < 4.78 is 16.6. The summed E-state index contributed by atoms with van der Waals surface area (Å²) in [4.78, 5) is 2.34. The Bertz CT molecular complexity index is 536. The average molecular weight is 313 g/mol. The number of benzene rings is 1. The van der Waals surface area contributed by atoms with Gasteiger partial charge in [0.2, 0.25) is 6.79 Å². The molecule has 2 aliphatic heterocycles. The van der Waals surface area contributed by atoms with Gasteiger partial charge in [0.05, 0.1) is 17.2 Å². The van der Waals surface area contributed by atoms with E-state index in [0.29, 0.717) is 29.7 Å². The van der Waals surface area contributed by atoms with Crippen LogP contribution in [0.25, 0.3) is 0 Å². The number of morpholine rings is 1. The molecule has 0 radical (unpaired) electrons. The van der Waals surface area contributed by atoms with Crippen molar-refractivity contribution in [3.63, 3.8) is 0 Å². The zero-order valence-corrected chi connectivity index (χ0v) is 13.2. The molecular weight excluding hydrogens is 292 g/mol. The van der Waals surface area contributed by atoms with Crippen LogP contribution >= 0.6 is 11.6 Å². The van der Waals surface area contributed by atoms with E-state index >= 15 is 0 Å². The molecule has 2 N–H and O–H groups in total. The highest BCUT2D eigenvalue weighted by Crippen LogP contribution is 2.42. The summed E-state index contributed by atoms with van der Waals surface area (Å²) in [5.41, 5.74) is 6.92. The van der Waals surface area contributed by atoms with Crippen LogP contribution in [0.15, 0.2) is 12.1 Å². The Morgan fingerprint density at radius 2 is 2.19 bits per heavy atom. The van der Waals surface area contributed by atoms with Crippen molar-refractivity contribution < 1.29 is 14.2 Å². The largest absolute Gasteiger partial charge is 0.454 e. The average Bonchev–Trinajstić information content (AvgIpc) is 2.87. The molecule has 0 saturated carbocycles. The Morgan fingerprint density at radius 1 is 1.38 bits per heavy atom. The van der Waals surface area contributed by atoms with E-state index in [9.17, 15) is 0 Å². The van der Waals surface area contributed by atoms with Gasteiger partial charge in [-0.15, -0.1) is 0 Å². The van der Waals surface area contributed by atoms with Crippen LogP contribution in [-0.4, -0.2) is 43.5 Å². The zero-order chi connectivity index (χ0) is 15.0. The second-order valence-electron chi connectivity index (χ2n) is 6.07. The minimum atomic E-state index is -0.161. The molecule has 1 aromatic rings. The fraction of sp³-hybridized carbons (Fsp3) is 0.600. The van der Waals surface area contributed by atoms with Crippen molar-refractivity contribution in [2.45, 2.75) is 25.5 Å². The molecule has 2 aliphatic rings. The SMILES string of the molecule is CC1(C)CN(C(CN)c2cc(Cl)c3c(c2)OCO3)CCO1. The van der Waals surface area contributed by atoms with E-state index < -0.39 is 0 Å². The number of nitrogens with two attached hydrogens (primary N) is 1. The molecule has 1 atom stereocenters. The first-order valence-electron chi connectivity index (χ1n) is 7.17. The molecule has 0 bridgehead atoms. The topological polar surface area (TPSA) is 57.0 Å². The van der Waals surface area contributed by atoms with Gasteiger partial charge in [-0.3, -0.25) is 4.90 Å². The summed E-state index contributed by atoms with van der Waals surface area (Å²) in [7, 11) is 0. The van der Waals surface area contributed by atoms with E-state index in [1.54, 1.807) is 0 Å². The molecule has 2 heterocycles. The Hall–Kier alpha value is -1.01. The molecule has 3 rings (SSSR count). The lowest BCUT2D eigenvalue weighted by Gasteiger charge is -2.42. The monoisotopic (exact) mass is 312 g/mol. The third-order valence-electron chi connectivity index (χ3n) is 3.95. The number of fused-ring (bicyclic) bond motifs is 1. The maximum Gasteiger partial charge on any atom is 0.231 e. The lowest BCUT2D eigenvalue weighted by atomic mass is 10.0. The molecule has 116 valence electrons. The fourth-order valence-electron chi connectivity index (χ4n) is 2.99. The molecule has 0 spiro atoms. The van der Waals surface area contributed by atoms with Crippen LogP contribution in [0.5, 0.6) is 11.5 Å². The number of ether oxygens (including phenoxy) is 3. The van der Waals surface area contributed by atoms with E-state index in [0.717, 1.165) is 18.7 Å². The van der Waals surface area contributed by atoms with Gasteiger partial charge in [-0.25, -0.2) is 0 Å². The fourth-order valence-corrected chi connectivity index (χ4v) is 3.27. The van der Waals surface area contributed by atoms with Crippen molar-refractivity contribution in [2.75, 3.05) is 33.0 Å². The maximum atomic E-state index is 6.28. The summed E-state index contributed by atoms with van der Waals surface area (Å²) >= 11 is 6.28. The molecule has 0 aliphatic carbocycles. The van der Waals surface area contributed by atoms with Crippen LogP contribution in [0.1, 0.15) is 25.5 Å². The van der Waals surface area contributed by atoms with E-state index in [1.807, 2.05) is 12.1 Å². The highest BCUT2D eigenvalue weighted by molar-refractivity contribution is 6.32. The molecule has 1 saturated heterocycles. The number of halogens is 1. The lowest BCUT2D eigenvalue weighted by molar-refractivity contribution is -0.0967. The maximum absolute atomic E-state index is 6.28. The van der Waals surface area contributed by atoms with Gasteiger partial charge in [-0.1, -0.05) is 11.6 Å². The summed E-state index contributed by atoms with van der Waals surface area (Å²) in [5, 5.41) is 0.575. The first kappa shape index (κ1) is 14.9. The van der Waals surface area contributed by atoms with E-state index in [2.05, 4.69) is 18.7 Å². The predicted molar refractivity (Wildman–Crippen MR) is 81.0 cm³/mol. The van der Waals surface area contributed by atoms with Crippen LogP contribution in [0.3, 0.4) is 0 Å². The zero-order valence-electron chi connectivity index (χ0n) is 12.4. The van der Waals surface area contributed by atoms with Gasteiger partial charge in [0.1, 0.15) is 0 Å². The minimum absolute atomic E-state index is 0.0974. The molecule has 1 aromatic carbocycles. The van der Waals surface area contributed by atoms with Gasteiger partial charge in [-0.05, 0) is 31.5 Å². The van der Waals surface area contributed by atoms with Crippen LogP contribution in [-0.2, 0) is 4.74 Å². The number of nitrogens with zero attached hydrogens (tertiary/aromatic N) is 1. The van der Waals surface area contributed by atoms with Gasteiger partial charge >= 0.3 is 0 Å². The highest BCUT2D eigenvalue weighted by atomic mass is 35.5. The summed E-state index contributed by atoms with van der Waals surface area (Å²) in [5.74, 6) is 1.32. The standard InChI is InChI=1S/C15H21ClN2O3/c1-15(2)8-18(3-4-21-15)12(7-17)10-5-11(16)14-13(6-10)19-9-20-14/h5-6,12H,3-4,7-9,17H2,1-2H3. The Kier molecular flexibility index (Phi) is 4.01. The number of hydrogen-bond acceptors (Lipinski definition) is 5. The minimum Gasteiger partial charge on any atom is -0.454 e. The highest BCUT2D eigenvalue weighted by Gasteiger charge is 2.32. The van der Waals surface area contributed by atoms with Crippen LogP contribution in [0, 0.1) is 0 Å². The first-order chi connectivity index (χ1) is 10.00. The third kappa shape index (κ3) is 2.97. The number of rotatable bonds is 3. The van der Waals surface area contributed by atoms with E-state index in [-0.39, 0.29) is 18.4 Å². The van der Waals surface area contributed by atoms with Crippen molar-refractivity contribution >= 4 is 11.6 Å². The van der Waals surface area contributed by atoms with Crippen LogP contribution in [0.4, 0.5) is 0 Å². The second-order valence-corrected chi connectivity index (χ2v) is 6.47. The Morgan fingerprint density at radius 3 is 2.90 bits per heavy atom. The molecule has 1 fully saturated rings. The first-order valence-corrected chi connectivity index (χ1v) is 7.55. The predicted octanol–water partition coefficient (Wildman–Crippen LogP) is 2.18. The normalized spacial score (nSPS) is 22.3. The number of hydrogen-bond donors (Lipinski definition) is 1. The van der Waals surface area contributed by atoms with E-state index in [4.69, 9.17) is 31.5 Å². The third-order valence-corrected chi connectivity index (χ3v) is 4.23. The molecule has 6 heteroatoms. The van der Waals surface area contributed by atoms with Gasteiger partial charge in [-0.2, -0.15) is 0 Å². The molecule has 0 amide bonds. The van der Waals surface area contributed by atoms with Gasteiger partial charge in [0.25, 0.3) is 0 Å². The van der Waals surface area contributed by atoms with Crippen LogP contribution < -0.4 is 15.2 Å². The molecule has 1 unspecified atom stereocenters. The Balaban J connectivity index is 1.88. The summed E-state index contributed by atoms with van der Waals surface area (Å²) in [6.45, 7) is 7.33.